The molecule has 0 aromatic carbocycles. The molecule has 0 bridgehead atoms. The molecule has 9 nitrogen and oxygen atoms in total. The number of hydrogen-bond donors (Lipinski definition) is 0. The summed E-state index contributed by atoms with van der Waals surface area (Å²) in [7, 11) is 1.13. The number of unbranched alkanes of at least 4 members (excludes halogenated alkanes) is 18. The number of phosphoric acid groups is 1. The monoisotopic (exact) mass is 1050 g/mol. The standard InChI is InChI=1S/C64H108NO8P/c1-6-8-10-12-14-16-18-20-22-24-26-28-29-30-31-32-33-34-35-37-39-41-43-45-47-49-51-53-55-57-64(67)73-62(61-72-74(68,69)71-59-58-65(3,4)5)60-70-63(66)56-54-52-50-48-46-44-42-40-38-36-27-25-23-21-19-17-15-13-11-9-7-2/h8,10,14,16,19-22,25-28,30-31,33-34,37-40,62H,6-7,9,11-13,15,17-18,23-24,29,32,35-36,41-61H2,1-5H3/b10-8-,16-14-,21-19-,22-20-,27-25-,28-26-,31-30-,34-33-,39-37-,40-38-. The van der Waals surface area contributed by atoms with Gasteiger partial charge in [-0.2, -0.15) is 0 Å². The second-order valence-electron chi connectivity index (χ2n) is 20.3. The molecule has 2 unspecified atom stereocenters. The number of allylic oxidation sites excluding steroid dienone is 20. The van der Waals surface area contributed by atoms with E-state index >= 15 is 0 Å². The lowest BCUT2D eigenvalue weighted by atomic mass is 10.1. The zero-order valence-electron chi connectivity index (χ0n) is 47.7. The van der Waals surface area contributed by atoms with Gasteiger partial charge in [0.2, 0.25) is 0 Å². The largest absolute Gasteiger partial charge is 0.756 e. The van der Waals surface area contributed by atoms with Crippen molar-refractivity contribution in [3.05, 3.63) is 122 Å². The fourth-order valence-electron chi connectivity index (χ4n) is 7.47. The molecule has 74 heavy (non-hydrogen) atoms. The molecular formula is C64H108NO8P. The third-order valence-electron chi connectivity index (χ3n) is 12.0. The molecule has 0 saturated heterocycles. The van der Waals surface area contributed by atoms with Gasteiger partial charge in [0.15, 0.2) is 6.10 Å². The maximum atomic E-state index is 12.8. The topological polar surface area (TPSA) is 111 Å². The predicted octanol–water partition coefficient (Wildman–Crippen LogP) is 17.7. The Hall–Kier alpha value is -3.59. The molecule has 2 atom stereocenters. The van der Waals surface area contributed by atoms with Crippen molar-refractivity contribution in [2.24, 2.45) is 0 Å². The lowest BCUT2D eigenvalue weighted by Gasteiger charge is -2.28. The molecule has 0 fully saturated rings. The first-order valence-electron chi connectivity index (χ1n) is 29.2. The van der Waals surface area contributed by atoms with Crippen LogP contribution >= 0.6 is 7.82 Å². The second kappa shape index (κ2) is 54.2. The number of phosphoric ester groups is 1. The summed E-state index contributed by atoms with van der Waals surface area (Å²) in [6, 6.07) is 0. The average Bonchev–Trinajstić information content (AvgIpc) is 3.36. The highest BCUT2D eigenvalue weighted by atomic mass is 31.2. The number of esters is 2. The van der Waals surface area contributed by atoms with Gasteiger partial charge >= 0.3 is 11.9 Å². The van der Waals surface area contributed by atoms with Crippen molar-refractivity contribution >= 4 is 19.8 Å². The summed E-state index contributed by atoms with van der Waals surface area (Å²) < 4.78 is 34.1. The van der Waals surface area contributed by atoms with Crippen LogP contribution in [0, 0.1) is 0 Å². The number of hydrogen-bond acceptors (Lipinski definition) is 8. The molecule has 0 aromatic rings. The van der Waals surface area contributed by atoms with Crippen molar-refractivity contribution in [3.63, 3.8) is 0 Å². The number of ether oxygens (including phenoxy) is 2. The quantitative estimate of drug-likeness (QED) is 0.0195. The summed E-state index contributed by atoms with van der Waals surface area (Å²) in [6.07, 6.45) is 76.6. The molecule has 0 N–H and O–H groups in total. The highest BCUT2D eigenvalue weighted by Crippen LogP contribution is 2.38. The lowest BCUT2D eigenvalue weighted by Crippen LogP contribution is -2.37. The van der Waals surface area contributed by atoms with Gasteiger partial charge in [-0.05, 0) is 109 Å². The molecule has 0 rings (SSSR count). The Labute approximate surface area is 454 Å². The first-order valence-corrected chi connectivity index (χ1v) is 30.7. The van der Waals surface area contributed by atoms with Gasteiger partial charge in [-0.15, -0.1) is 0 Å². The second-order valence-corrected chi connectivity index (χ2v) is 21.7. The van der Waals surface area contributed by atoms with Crippen molar-refractivity contribution in [1.82, 2.24) is 0 Å². The van der Waals surface area contributed by atoms with Crippen LogP contribution in [0.1, 0.15) is 219 Å². The van der Waals surface area contributed by atoms with Crippen LogP contribution in [0.3, 0.4) is 0 Å². The van der Waals surface area contributed by atoms with E-state index in [0.717, 1.165) is 128 Å². The summed E-state index contributed by atoms with van der Waals surface area (Å²) in [5.74, 6) is -0.869. The van der Waals surface area contributed by atoms with E-state index in [1.165, 1.54) is 51.4 Å². The zero-order chi connectivity index (χ0) is 54.2. The Bertz CT molecular complexity index is 1660. The molecule has 10 heteroatoms. The van der Waals surface area contributed by atoms with Crippen LogP contribution in [0.15, 0.2) is 122 Å². The normalized spacial score (nSPS) is 14.2. The van der Waals surface area contributed by atoms with Crippen LogP contribution in [0.2, 0.25) is 0 Å². The van der Waals surface area contributed by atoms with Gasteiger partial charge < -0.3 is 27.9 Å². The molecule has 0 aliphatic rings. The molecule has 0 radical (unpaired) electrons. The number of rotatable bonds is 52. The summed E-state index contributed by atoms with van der Waals surface area (Å²) in [4.78, 5) is 37.9. The Balaban J connectivity index is 4.26. The average molecular weight is 1050 g/mol. The number of nitrogens with zero attached hydrogens (tertiary/aromatic N) is 1. The third kappa shape index (κ3) is 57.7. The molecular weight excluding hydrogens is 942 g/mol. The fourth-order valence-corrected chi connectivity index (χ4v) is 8.19. The minimum atomic E-state index is -4.65. The SMILES string of the molecule is CC/C=C\C/C=C\C/C=C\C/C=C\C/C=C\C/C=C\C/C=C\CCCCCCCCCC(=O)OC(COC(=O)CCCCCCCC/C=C\C/C=C\C/C=C\CCCCCCC)COP(=O)([O-])OCC[N+](C)(C)C. The van der Waals surface area contributed by atoms with E-state index in [1.54, 1.807) is 0 Å². The van der Waals surface area contributed by atoms with Gasteiger partial charge in [-0.1, -0.05) is 219 Å². The summed E-state index contributed by atoms with van der Waals surface area (Å²) in [5, 5.41) is 0. The van der Waals surface area contributed by atoms with Crippen molar-refractivity contribution < 1.29 is 42.1 Å². The van der Waals surface area contributed by atoms with Gasteiger partial charge in [-0.25, -0.2) is 0 Å². The summed E-state index contributed by atoms with van der Waals surface area (Å²) >= 11 is 0. The molecule has 0 heterocycles. The summed E-state index contributed by atoms with van der Waals surface area (Å²) in [5.41, 5.74) is 0. The Morgan fingerprint density at radius 1 is 0.432 bits per heavy atom. The van der Waals surface area contributed by atoms with Crippen LogP contribution in [0.25, 0.3) is 0 Å². The van der Waals surface area contributed by atoms with E-state index in [-0.39, 0.29) is 26.1 Å². The fraction of sp³-hybridized carbons (Fsp3) is 0.656. The Morgan fingerprint density at radius 3 is 1.15 bits per heavy atom. The smallest absolute Gasteiger partial charge is 0.306 e. The van der Waals surface area contributed by atoms with E-state index in [4.69, 9.17) is 18.5 Å². The minimum Gasteiger partial charge on any atom is -0.756 e. The van der Waals surface area contributed by atoms with Gasteiger partial charge in [0, 0.05) is 12.8 Å². The minimum absolute atomic E-state index is 0.0425. The number of likely N-dealkylation sites (N-methyl/N-ethyl adjacent to an activating group) is 1. The van der Waals surface area contributed by atoms with Crippen molar-refractivity contribution in [3.8, 4) is 0 Å². The molecule has 0 saturated carbocycles. The highest BCUT2D eigenvalue weighted by molar-refractivity contribution is 7.45. The van der Waals surface area contributed by atoms with Crippen molar-refractivity contribution in [2.45, 2.75) is 225 Å². The molecule has 0 aromatic heterocycles. The number of quaternary nitrogens is 1. The van der Waals surface area contributed by atoms with Gasteiger partial charge in [0.25, 0.3) is 7.82 Å². The zero-order valence-corrected chi connectivity index (χ0v) is 48.6. The van der Waals surface area contributed by atoms with E-state index in [0.29, 0.717) is 23.9 Å². The van der Waals surface area contributed by atoms with Gasteiger partial charge in [0.1, 0.15) is 19.8 Å². The maximum Gasteiger partial charge on any atom is 0.306 e. The molecule has 0 aliphatic carbocycles. The maximum absolute atomic E-state index is 12.8. The number of carbonyl (C=O) groups excluding carboxylic acids is 2. The molecule has 0 amide bonds. The van der Waals surface area contributed by atoms with E-state index in [9.17, 15) is 19.0 Å². The Kier molecular flexibility index (Phi) is 51.6. The van der Waals surface area contributed by atoms with Gasteiger partial charge in [0.05, 0.1) is 27.7 Å². The molecule has 422 valence electrons. The van der Waals surface area contributed by atoms with Crippen molar-refractivity contribution in [2.75, 3.05) is 47.5 Å². The van der Waals surface area contributed by atoms with E-state index in [1.807, 2.05) is 21.1 Å². The molecule has 0 spiro atoms. The molecule has 0 aliphatic heterocycles. The third-order valence-corrected chi connectivity index (χ3v) is 12.9. The predicted molar refractivity (Wildman–Crippen MR) is 314 cm³/mol. The lowest BCUT2D eigenvalue weighted by molar-refractivity contribution is -0.870. The Morgan fingerprint density at radius 2 is 0.770 bits per heavy atom. The van der Waals surface area contributed by atoms with E-state index in [2.05, 4.69) is 135 Å². The van der Waals surface area contributed by atoms with Crippen LogP contribution in [-0.4, -0.2) is 70.0 Å². The van der Waals surface area contributed by atoms with Crippen LogP contribution in [0.4, 0.5) is 0 Å². The van der Waals surface area contributed by atoms with E-state index < -0.39 is 32.5 Å². The van der Waals surface area contributed by atoms with Gasteiger partial charge in [-0.3, -0.25) is 14.2 Å². The first kappa shape index (κ1) is 70.4. The van der Waals surface area contributed by atoms with Crippen LogP contribution in [0.5, 0.6) is 0 Å². The number of carbonyl (C=O) groups is 2. The first-order chi connectivity index (χ1) is 36.0. The van der Waals surface area contributed by atoms with Crippen LogP contribution in [-0.2, 0) is 32.7 Å². The summed E-state index contributed by atoms with van der Waals surface area (Å²) in [6.45, 7) is 4.07. The van der Waals surface area contributed by atoms with Crippen LogP contribution < -0.4 is 4.89 Å². The van der Waals surface area contributed by atoms with Crippen molar-refractivity contribution in [1.29, 1.82) is 0 Å². The highest BCUT2D eigenvalue weighted by Gasteiger charge is 2.21.